The second-order valence-corrected chi connectivity index (χ2v) is 13.5. The fourth-order valence-electron chi connectivity index (χ4n) is 4.97. The SMILES string of the molecule is C=C/C=C(C)/C=C\C1=N/C=C/CCN(C(=O)OC(C)(C)C)CCC(=O)N[C@@H](C(C)C)C(=O)N[C@@H](C)C(O)N2CCC[C@H](N2)C(=O)O[C@@H]1C. The number of ether oxygens (including phenoxy) is 2. The topological polar surface area (TPSA) is 162 Å². The number of hydrazine groups is 1. The lowest BCUT2D eigenvalue weighted by atomic mass is 10.0. The van der Waals surface area contributed by atoms with Crippen LogP contribution in [-0.2, 0) is 23.9 Å². The van der Waals surface area contributed by atoms with Crippen molar-refractivity contribution in [1.82, 2.24) is 26.0 Å². The minimum absolute atomic E-state index is 0.0513. The van der Waals surface area contributed by atoms with Crippen LogP contribution in [0.3, 0.4) is 0 Å². The van der Waals surface area contributed by atoms with Gasteiger partial charge in [-0.15, -0.1) is 0 Å². The molecule has 2 aliphatic heterocycles. The summed E-state index contributed by atoms with van der Waals surface area (Å²) in [5.74, 6) is -1.62. The van der Waals surface area contributed by atoms with Crippen molar-refractivity contribution in [3.05, 3.63) is 48.7 Å². The summed E-state index contributed by atoms with van der Waals surface area (Å²) in [6.45, 7) is 18.7. The van der Waals surface area contributed by atoms with E-state index in [2.05, 4.69) is 27.6 Å². The van der Waals surface area contributed by atoms with Crippen molar-refractivity contribution in [3.63, 3.8) is 0 Å². The third kappa shape index (κ3) is 13.7. The highest BCUT2D eigenvalue weighted by atomic mass is 16.6. The molecule has 2 bridgehead atoms. The van der Waals surface area contributed by atoms with Gasteiger partial charge in [0, 0.05) is 32.3 Å². The first-order chi connectivity index (χ1) is 22.5. The van der Waals surface area contributed by atoms with Gasteiger partial charge >= 0.3 is 12.1 Å². The molecular weight excluding hydrogens is 616 g/mol. The zero-order valence-corrected chi connectivity index (χ0v) is 29.8. The summed E-state index contributed by atoms with van der Waals surface area (Å²) < 4.78 is 11.4. The first kappa shape index (κ1) is 40.4. The molecule has 2 aliphatic rings. The number of amides is 3. The number of aliphatic imine (C=N–C) groups is 1. The van der Waals surface area contributed by atoms with E-state index in [1.165, 1.54) is 9.91 Å². The molecule has 4 N–H and O–H groups in total. The van der Waals surface area contributed by atoms with E-state index in [1.807, 2.05) is 19.1 Å². The molecule has 2 heterocycles. The van der Waals surface area contributed by atoms with Gasteiger partial charge in [0.25, 0.3) is 0 Å². The Morgan fingerprint density at radius 1 is 1.17 bits per heavy atom. The first-order valence-electron chi connectivity index (χ1n) is 16.7. The van der Waals surface area contributed by atoms with Crippen LogP contribution in [0, 0.1) is 5.92 Å². The number of hydrogen-bond acceptors (Lipinski definition) is 10. The molecule has 2 unspecified atom stereocenters. The van der Waals surface area contributed by atoms with Gasteiger partial charge in [0.15, 0.2) is 0 Å². The maximum absolute atomic E-state index is 13.3. The Morgan fingerprint density at radius 3 is 2.52 bits per heavy atom. The van der Waals surface area contributed by atoms with Gasteiger partial charge in [-0.05, 0) is 72.8 Å². The molecule has 6 atom stereocenters. The lowest BCUT2D eigenvalue weighted by molar-refractivity contribution is -0.155. The number of nitrogens with one attached hydrogen (secondary N) is 3. The average Bonchev–Trinajstić information content (AvgIpc) is 3.00. The van der Waals surface area contributed by atoms with Crippen molar-refractivity contribution in [2.24, 2.45) is 10.9 Å². The van der Waals surface area contributed by atoms with Crippen LogP contribution < -0.4 is 16.1 Å². The molecule has 0 radical (unpaired) electrons. The molecule has 13 heteroatoms. The van der Waals surface area contributed by atoms with Crippen molar-refractivity contribution in [3.8, 4) is 0 Å². The summed E-state index contributed by atoms with van der Waals surface area (Å²) in [5, 5.41) is 18.2. The van der Waals surface area contributed by atoms with E-state index in [0.29, 0.717) is 31.5 Å². The smallest absolute Gasteiger partial charge is 0.410 e. The Labute approximate surface area is 285 Å². The minimum atomic E-state index is -1.17. The number of cyclic esters (lactones) is 1. The molecule has 268 valence electrons. The molecule has 1 saturated heterocycles. The number of aliphatic hydroxyl groups excluding tert-OH is 1. The average molecular weight is 673 g/mol. The van der Waals surface area contributed by atoms with E-state index in [-0.39, 0.29) is 25.4 Å². The molecule has 3 amide bonds. The molecule has 0 saturated carbocycles. The largest absolute Gasteiger partial charge is 0.455 e. The summed E-state index contributed by atoms with van der Waals surface area (Å²) in [6.07, 6.45) is 9.50. The maximum atomic E-state index is 13.3. The maximum Gasteiger partial charge on any atom is 0.410 e. The number of hydrogen-bond donors (Lipinski definition) is 4. The molecule has 13 nitrogen and oxygen atoms in total. The Bertz CT molecular complexity index is 1250. The van der Waals surface area contributed by atoms with Crippen molar-refractivity contribution in [2.75, 3.05) is 19.6 Å². The predicted molar refractivity (Wildman–Crippen MR) is 186 cm³/mol. The molecule has 0 aliphatic carbocycles. The van der Waals surface area contributed by atoms with Crippen LogP contribution in [0.2, 0.25) is 0 Å². The van der Waals surface area contributed by atoms with E-state index in [4.69, 9.17) is 9.47 Å². The molecule has 1 fully saturated rings. The van der Waals surface area contributed by atoms with Gasteiger partial charge in [0.2, 0.25) is 11.8 Å². The van der Waals surface area contributed by atoms with Crippen molar-refractivity contribution < 1.29 is 33.8 Å². The molecule has 48 heavy (non-hydrogen) atoms. The highest BCUT2D eigenvalue weighted by Gasteiger charge is 2.34. The van der Waals surface area contributed by atoms with Crippen molar-refractivity contribution in [2.45, 2.75) is 117 Å². The fraction of sp³-hybridized carbons (Fsp3) is 0.629. The summed E-state index contributed by atoms with van der Waals surface area (Å²) in [4.78, 5) is 58.7. The van der Waals surface area contributed by atoms with Gasteiger partial charge < -0.3 is 30.1 Å². The van der Waals surface area contributed by atoms with Gasteiger partial charge in [-0.25, -0.2) is 15.2 Å². The Hall–Kier alpha value is -3.81. The van der Waals surface area contributed by atoms with Gasteiger partial charge in [0.05, 0.1) is 11.8 Å². The fourth-order valence-corrected chi connectivity index (χ4v) is 4.97. The molecule has 2 rings (SSSR count). The van der Waals surface area contributed by atoms with E-state index in [9.17, 15) is 24.3 Å². The van der Waals surface area contributed by atoms with Crippen LogP contribution in [-0.4, -0.2) is 100 Å². The summed E-state index contributed by atoms with van der Waals surface area (Å²) in [5.41, 5.74) is 3.73. The van der Waals surface area contributed by atoms with E-state index in [0.717, 1.165) is 5.57 Å². The van der Waals surface area contributed by atoms with Gasteiger partial charge in [-0.1, -0.05) is 50.3 Å². The number of aliphatic hydroxyl groups is 1. The predicted octanol–water partition coefficient (Wildman–Crippen LogP) is 3.53. The quantitative estimate of drug-likeness (QED) is 0.259. The number of nitrogens with zero attached hydrogens (tertiary/aromatic N) is 3. The molecule has 0 spiro atoms. The van der Waals surface area contributed by atoms with Gasteiger partial charge in [0.1, 0.15) is 30.0 Å². The minimum Gasteiger partial charge on any atom is -0.455 e. The summed E-state index contributed by atoms with van der Waals surface area (Å²) >= 11 is 0. The third-order valence-electron chi connectivity index (χ3n) is 7.66. The van der Waals surface area contributed by atoms with Crippen molar-refractivity contribution in [1.29, 1.82) is 0 Å². The Morgan fingerprint density at radius 2 is 1.88 bits per heavy atom. The Kier molecular flexibility index (Phi) is 16.2. The molecule has 0 aromatic heterocycles. The van der Waals surface area contributed by atoms with Crippen molar-refractivity contribution >= 4 is 29.6 Å². The number of fused-ring (bicyclic) bond motifs is 2. The third-order valence-corrected chi connectivity index (χ3v) is 7.66. The van der Waals surface area contributed by atoms with Crippen LogP contribution in [0.1, 0.15) is 81.1 Å². The molecule has 0 aromatic rings. The number of rotatable bonds is 4. The van der Waals surface area contributed by atoms with Crippen LogP contribution in [0.25, 0.3) is 0 Å². The Balaban J connectivity index is 2.44. The van der Waals surface area contributed by atoms with Gasteiger partial charge in [-0.3, -0.25) is 19.4 Å². The van der Waals surface area contributed by atoms with E-state index >= 15 is 0 Å². The lowest BCUT2D eigenvalue weighted by Gasteiger charge is -2.38. The van der Waals surface area contributed by atoms with Crippen LogP contribution in [0.5, 0.6) is 0 Å². The van der Waals surface area contributed by atoms with Crippen LogP contribution >= 0.6 is 0 Å². The monoisotopic (exact) mass is 672 g/mol. The summed E-state index contributed by atoms with van der Waals surface area (Å²) in [7, 11) is 0. The number of carbonyl (C=O) groups is 4. The van der Waals surface area contributed by atoms with Crippen LogP contribution in [0.4, 0.5) is 4.79 Å². The zero-order valence-electron chi connectivity index (χ0n) is 29.8. The highest BCUT2D eigenvalue weighted by Crippen LogP contribution is 2.15. The zero-order chi connectivity index (χ0) is 36.0. The second-order valence-electron chi connectivity index (χ2n) is 13.5. The van der Waals surface area contributed by atoms with Crippen LogP contribution in [0.15, 0.2) is 53.7 Å². The van der Waals surface area contributed by atoms with E-state index in [1.54, 1.807) is 72.9 Å². The lowest BCUT2D eigenvalue weighted by Crippen LogP contribution is -2.63. The highest BCUT2D eigenvalue weighted by molar-refractivity contribution is 6.00. The first-order valence-corrected chi connectivity index (χ1v) is 16.7. The molecule has 0 aromatic carbocycles. The standard InChI is InChI=1S/C35H56N6O7/c1-10-14-24(4)16-17-27-26(6)47-33(45)28-15-13-21-41(39-28)32(44)25(5)37-31(43)30(23(2)3)38-29(42)18-22-40(20-12-11-19-36-27)34(46)48-35(7,8)9/h10-11,14,16-17,19,23,25-26,28,30,32,39,44H,1,12-13,15,18,20-22H2,2-9H3,(H,37,43)(H,38,42)/b17-16-,19-11+,24-14+,36-27+/t25-,26+,28-,30-,32?/m0/s1. The normalized spacial score (nSPS) is 29.8. The molecular formula is C35H56N6O7. The van der Waals surface area contributed by atoms with Gasteiger partial charge in [-0.2, -0.15) is 0 Å². The second kappa shape index (κ2) is 19.3. The number of esters is 1. The number of carbonyl (C=O) groups excluding carboxylic acids is 4. The number of allylic oxidation sites excluding steroid dienone is 4. The van der Waals surface area contributed by atoms with E-state index < -0.39 is 59.9 Å². The summed E-state index contributed by atoms with van der Waals surface area (Å²) in [6, 6.07) is -2.35.